The molecule has 2 rings (SSSR count). The van der Waals surface area contributed by atoms with Crippen molar-refractivity contribution in [3.63, 3.8) is 0 Å². The van der Waals surface area contributed by atoms with Gasteiger partial charge in [0.05, 0.1) is 30.3 Å². The molecule has 2 N–H and O–H groups in total. The van der Waals surface area contributed by atoms with Gasteiger partial charge in [0.1, 0.15) is 6.73 Å². The van der Waals surface area contributed by atoms with Crippen molar-refractivity contribution in [1.82, 2.24) is 9.78 Å². The van der Waals surface area contributed by atoms with E-state index < -0.39 is 0 Å². The van der Waals surface area contributed by atoms with E-state index in [0.29, 0.717) is 24.0 Å². The number of nitrogens with one attached hydrogen (secondary N) is 2. The number of hydrogen-bond acceptors (Lipinski definition) is 5. The third-order valence-corrected chi connectivity index (χ3v) is 3.01. The Morgan fingerprint density at radius 3 is 2.61 bits per heavy atom. The molecule has 0 aliphatic carbocycles. The molecule has 7 nitrogen and oxygen atoms in total. The summed E-state index contributed by atoms with van der Waals surface area (Å²) in [7, 11) is 1.60. The monoisotopic (exact) mass is 334 g/mol. The van der Waals surface area contributed by atoms with E-state index in [0.717, 1.165) is 11.4 Å². The summed E-state index contributed by atoms with van der Waals surface area (Å²) in [6.07, 6.45) is 3.43. The van der Waals surface area contributed by atoms with Gasteiger partial charge >= 0.3 is 5.97 Å². The Kier molecular flexibility index (Phi) is 6.07. The first-order valence-electron chi connectivity index (χ1n) is 6.99. The van der Waals surface area contributed by atoms with Crippen LogP contribution in [0.15, 0.2) is 36.7 Å². The first kappa shape index (κ1) is 16.9. The van der Waals surface area contributed by atoms with Crippen molar-refractivity contribution in [3.05, 3.63) is 42.2 Å². The third kappa shape index (κ3) is 5.04. The second-order valence-corrected chi connectivity index (χ2v) is 4.97. The van der Waals surface area contributed by atoms with Gasteiger partial charge in [-0.05, 0) is 43.4 Å². The van der Waals surface area contributed by atoms with E-state index in [-0.39, 0.29) is 5.97 Å². The normalized spacial score (nSPS) is 10.2. The fraction of sp³-hybridized carbons (Fsp3) is 0.267. The standard InChI is InChI=1S/C15H18N4O3S/c1-3-22-14(20)11-4-6-12(7-5-11)17-15(23)18-13-8-16-19(9-13)10-21-2/h4-9H,3,10H2,1-2H3,(H2,17,18,23). The van der Waals surface area contributed by atoms with Crippen molar-refractivity contribution in [2.75, 3.05) is 24.4 Å². The molecule has 0 bridgehead atoms. The maximum atomic E-state index is 11.6. The number of anilines is 2. The highest BCUT2D eigenvalue weighted by molar-refractivity contribution is 7.80. The van der Waals surface area contributed by atoms with Crippen LogP contribution in [-0.4, -0.2) is 34.6 Å². The zero-order chi connectivity index (χ0) is 16.7. The molecule has 1 aromatic heterocycles. The molecule has 2 aromatic rings. The van der Waals surface area contributed by atoms with Crippen molar-refractivity contribution in [3.8, 4) is 0 Å². The molecule has 0 aliphatic rings. The average Bonchev–Trinajstić information content (AvgIpc) is 2.95. The molecule has 0 aliphatic heterocycles. The molecule has 122 valence electrons. The minimum Gasteiger partial charge on any atom is -0.462 e. The largest absolute Gasteiger partial charge is 0.462 e. The Morgan fingerprint density at radius 2 is 1.96 bits per heavy atom. The summed E-state index contributed by atoms with van der Waals surface area (Å²) in [4.78, 5) is 11.6. The van der Waals surface area contributed by atoms with Gasteiger partial charge in [-0.25, -0.2) is 9.48 Å². The number of aromatic nitrogens is 2. The van der Waals surface area contributed by atoms with Gasteiger partial charge in [-0.1, -0.05) is 0 Å². The molecule has 0 saturated carbocycles. The van der Waals surface area contributed by atoms with Crippen molar-refractivity contribution in [1.29, 1.82) is 0 Å². The number of carbonyl (C=O) groups excluding carboxylic acids is 1. The topological polar surface area (TPSA) is 77.4 Å². The molecular weight excluding hydrogens is 316 g/mol. The van der Waals surface area contributed by atoms with Crippen LogP contribution in [0, 0.1) is 0 Å². The van der Waals surface area contributed by atoms with Crippen LogP contribution in [0.3, 0.4) is 0 Å². The van der Waals surface area contributed by atoms with Gasteiger partial charge in [0.15, 0.2) is 5.11 Å². The smallest absolute Gasteiger partial charge is 0.338 e. The molecule has 0 fully saturated rings. The minimum absolute atomic E-state index is 0.342. The Labute approximate surface area is 139 Å². The van der Waals surface area contributed by atoms with Gasteiger partial charge in [0.2, 0.25) is 0 Å². The zero-order valence-corrected chi connectivity index (χ0v) is 13.7. The maximum absolute atomic E-state index is 11.6. The Balaban J connectivity index is 1.90. The predicted octanol–water partition coefficient (Wildman–Crippen LogP) is 2.47. The van der Waals surface area contributed by atoms with Crippen LogP contribution < -0.4 is 10.6 Å². The van der Waals surface area contributed by atoms with E-state index in [2.05, 4.69) is 15.7 Å². The molecule has 0 amide bonds. The molecule has 8 heteroatoms. The number of esters is 1. The molecule has 1 aromatic carbocycles. The van der Waals surface area contributed by atoms with Gasteiger partial charge < -0.3 is 20.1 Å². The van der Waals surface area contributed by atoms with Gasteiger partial charge in [-0.3, -0.25) is 0 Å². The number of carbonyl (C=O) groups is 1. The molecule has 23 heavy (non-hydrogen) atoms. The number of benzene rings is 1. The number of ether oxygens (including phenoxy) is 2. The van der Waals surface area contributed by atoms with Crippen LogP contribution in [0.4, 0.5) is 11.4 Å². The van der Waals surface area contributed by atoms with Crippen LogP contribution in [0.1, 0.15) is 17.3 Å². The highest BCUT2D eigenvalue weighted by Gasteiger charge is 2.06. The molecule has 1 heterocycles. The molecule has 0 unspecified atom stereocenters. The van der Waals surface area contributed by atoms with E-state index in [1.807, 2.05) is 0 Å². The molecule has 0 spiro atoms. The quantitative estimate of drug-likeness (QED) is 0.621. The molecule has 0 atom stereocenters. The van der Waals surface area contributed by atoms with Gasteiger partial charge in [-0.15, -0.1) is 0 Å². The number of methoxy groups -OCH3 is 1. The van der Waals surface area contributed by atoms with E-state index in [1.165, 1.54) is 0 Å². The summed E-state index contributed by atoms with van der Waals surface area (Å²) >= 11 is 5.24. The number of nitrogens with zero attached hydrogens (tertiary/aromatic N) is 2. The van der Waals surface area contributed by atoms with E-state index in [9.17, 15) is 4.79 Å². The summed E-state index contributed by atoms with van der Waals surface area (Å²) in [5.74, 6) is -0.342. The summed E-state index contributed by atoms with van der Waals surface area (Å²) in [6.45, 7) is 2.49. The van der Waals surface area contributed by atoms with Crippen LogP contribution >= 0.6 is 12.2 Å². The maximum Gasteiger partial charge on any atom is 0.338 e. The Bertz CT molecular complexity index is 670. The van der Waals surface area contributed by atoms with E-state index in [4.69, 9.17) is 21.7 Å². The first-order chi connectivity index (χ1) is 11.1. The van der Waals surface area contributed by atoms with Crippen molar-refractivity contribution >= 4 is 34.7 Å². The number of hydrogen-bond donors (Lipinski definition) is 2. The summed E-state index contributed by atoms with van der Waals surface area (Å²) < 4.78 is 11.5. The van der Waals surface area contributed by atoms with E-state index in [1.54, 1.807) is 55.4 Å². The Hall–Kier alpha value is -2.45. The van der Waals surface area contributed by atoms with Crippen LogP contribution in [-0.2, 0) is 16.2 Å². The van der Waals surface area contributed by atoms with Crippen LogP contribution in [0.2, 0.25) is 0 Å². The molecule has 0 saturated heterocycles. The lowest BCUT2D eigenvalue weighted by atomic mass is 10.2. The molecular formula is C15H18N4O3S. The number of thiocarbonyl (C=S) groups is 1. The second kappa shape index (κ2) is 8.25. The van der Waals surface area contributed by atoms with Gasteiger partial charge in [-0.2, -0.15) is 5.10 Å². The first-order valence-corrected chi connectivity index (χ1v) is 7.39. The fourth-order valence-electron chi connectivity index (χ4n) is 1.83. The zero-order valence-electron chi connectivity index (χ0n) is 12.9. The van der Waals surface area contributed by atoms with E-state index >= 15 is 0 Å². The van der Waals surface area contributed by atoms with Crippen molar-refractivity contribution < 1.29 is 14.3 Å². The van der Waals surface area contributed by atoms with Gasteiger partial charge in [0.25, 0.3) is 0 Å². The fourth-order valence-corrected chi connectivity index (χ4v) is 2.06. The van der Waals surface area contributed by atoms with Crippen molar-refractivity contribution in [2.45, 2.75) is 13.7 Å². The predicted molar refractivity (Wildman–Crippen MR) is 91.5 cm³/mol. The SMILES string of the molecule is CCOC(=O)c1ccc(NC(=S)Nc2cnn(COC)c2)cc1. The lowest BCUT2D eigenvalue weighted by Crippen LogP contribution is -2.18. The lowest BCUT2D eigenvalue weighted by molar-refractivity contribution is 0.0526. The average molecular weight is 334 g/mol. The third-order valence-electron chi connectivity index (χ3n) is 2.81. The highest BCUT2D eigenvalue weighted by atomic mass is 32.1. The van der Waals surface area contributed by atoms with Crippen molar-refractivity contribution in [2.24, 2.45) is 0 Å². The minimum atomic E-state index is -0.342. The number of rotatable bonds is 6. The molecule has 0 radical (unpaired) electrons. The Morgan fingerprint density at radius 1 is 1.26 bits per heavy atom. The van der Waals surface area contributed by atoms with Gasteiger partial charge in [0, 0.05) is 12.8 Å². The van der Waals surface area contributed by atoms with Crippen LogP contribution in [0.5, 0.6) is 0 Å². The summed E-state index contributed by atoms with van der Waals surface area (Å²) in [5.41, 5.74) is 2.01. The summed E-state index contributed by atoms with van der Waals surface area (Å²) in [5, 5.41) is 10.6. The summed E-state index contributed by atoms with van der Waals surface area (Å²) in [6, 6.07) is 6.88. The lowest BCUT2D eigenvalue weighted by Gasteiger charge is -2.09. The highest BCUT2D eigenvalue weighted by Crippen LogP contribution is 2.12. The van der Waals surface area contributed by atoms with Crippen LogP contribution in [0.25, 0.3) is 0 Å². The second-order valence-electron chi connectivity index (χ2n) is 4.56.